The van der Waals surface area contributed by atoms with Crippen LogP contribution in [-0.2, 0) is 17.9 Å². The first-order chi connectivity index (χ1) is 11.2. The number of hydrogen-bond acceptors (Lipinski definition) is 3. The minimum absolute atomic E-state index is 0.263. The van der Waals surface area contributed by atoms with Gasteiger partial charge >= 0.3 is 6.03 Å². The lowest BCUT2D eigenvalue weighted by molar-refractivity contribution is -0.904. The number of rotatable bonds is 7. The molecule has 0 aliphatic carbocycles. The first-order valence-corrected chi connectivity index (χ1v) is 8.53. The molecule has 122 valence electrons. The van der Waals surface area contributed by atoms with Crippen LogP contribution in [0.15, 0.2) is 47.8 Å². The molecule has 5 nitrogen and oxygen atoms in total. The number of likely N-dealkylation sites (N-methyl/N-ethyl adjacent to an activating group) is 1. The molecule has 0 bridgehead atoms. The maximum atomic E-state index is 12.0. The summed E-state index contributed by atoms with van der Waals surface area (Å²) in [6.45, 7) is 4.33. The number of thiophene rings is 1. The van der Waals surface area contributed by atoms with Crippen molar-refractivity contribution in [3.05, 3.63) is 58.3 Å². The Kier molecular flexibility index (Phi) is 6.77. The summed E-state index contributed by atoms with van der Waals surface area (Å²) >= 11 is 1.57. The topological polar surface area (TPSA) is 62.6 Å². The molecular formula is C17H22N3O2S+. The fourth-order valence-corrected chi connectivity index (χ4v) is 2.86. The van der Waals surface area contributed by atoms with E-state index in [1.54, 1.807) is 11.3 Å². The van der Waals surface area contributed by atoms with Gasteiger partial charge in [-0.3, -0.25) is 10.1 Å². The van der Waals surface area contributed by atoms with Gasteiger partial charge in [0.05, 0.1) is 13.1 Å². The van der Waals surface area contributed by atoms with Crippen molar-refractivity contribution >= 4 is 23.3 Å². The van der Waals surface area contributed by atoms with Crippen LogP contribution >= 0.6 is 11.3 Å². The van der Waals surface area contributed by atoms with Crippen LogP contribution in [0, 0.1) is 0 Å². The average Bonchev–Trinajstić information content (AvgIpc) is 3.06. The average molecular weight is 332 g/mol. The van der Waals surface area contributed by atoms with Gasteiger partial charge in [-0.15, -0.1) is 11.3 Å². The molecule has 3 amide bonds. The third-order valence-corrected chi connectivity index (χ3v) is 4.34. The van der Waals surface area contributed by atoms with Crippen molar-refractivity contribution < 1.29 is 14.5 Å². The number of imide groups is 1. The molecule has 1 unspecified atom stereocenters. The highest BCUT2D eigenvalue weighted by molar-refractivity contribution is 7.09. The van der Waals surface area contributed by atoms with Crippen molar-refractivity contribution in [1.82, 2.24) is 10.6 Å². The number of urea groups is 1. The summed E-state index contributed by atoms with van der Waals surface area (Å²) in [6, 6.07) is 13.5. The Morgan fingerprint density at radius 2 is 1.91 bits per heavy atom. The Labute approximate surface area is 140 Å². The minimum atomic E-state index is -0.446. The second-order valence-corrected chi connectivity index (χ2v) is 6.29. The molecule has 0 spiro atoms. The van der Waals surface area contributed by atoms with Crippen molar-refractivity contribution in [2.75, 3.05) is 13.1 Å². The Balaban J connectivity index is 1.74. The lowest BCUT2D eigenvalue weighted by atomic mass is 10.2. The molecule has 0 aliphatic heterocycles. The summed E-state index contributed by atoms with van der Waals surface area (Å²) in [7, 11) is 0. The van der Waals surface area contributed by atoms with Crippen molar-refractivity contribution in [3.8, 4) is 0 Å². The highest BCUT2D eigenvalue weighted by Gasteiger charge is 2.15. The molecule has 3 N–H and O–H groups in total. The van der Waals surface area contributed by atoms with Crippen LogP contribution in [0.3, 0.4) is 0 Å². The van der Waals surface area contributed by atoms with E-state index in [1.165, 1.54) is 5.56 Å². The quantitative estimate of drug-likeness (QED) is 0.713. The van der Waals surface area contributed by atoms with Crippen LogP contribution < -0.4 is 15.5 Å². The van der Waals surface area contributed by atoms with E-state index in [9.17, 15) is 9.59 Å². The maximum absolute atomic E-state index is 12.0. The van der Waals surface area contributed by atoms with Crippen LogP contribution in [0.25, 0.3) is 0 Å². The van der Waals surface area contributed by atoms with Crippen LogP contribution in [0.1, 0.15) is 17.4 Å². The van der Waals surface area contributed by atoms with Crippen molar-refractivity contribution in [2.45, 2.75) is 20.0 Å². The molecule has 2 rings (SSSR count). The molecular weight excluding hydrogens is 310 g/mol. The van der Waals surface area contributed by atoms with Gasteiger partial charge in [-0.25, -0.2) is 4.79 Å². The highest BCUT2D eigenvalue weighted by atomic mass is 32.1. The van der Waals surface area contributed by atoms with Crippen LogP contribution in [0.5, 0.6) is 0 Å². The SMILES string of the molecule is CC[NH+](CC(=O)NC(=O)NCc1cccs1)Cc1ccccc1. The fraction of sp³-hybridized carbons (Fsp3) is 0.294. The molecule has 0 radical (unpaired) electrons. The zero-order valence-corrected chi connectivity index (χ0v) is 14.0. The number of amides is 3. The first kappa shape index (κ1) is 17.2. The lowest BCUT2D eigenvalue weighted by Crippen LogP contribution is -3.11. The van der Waals surface area contributed by atoms with E-state index < -0.39 is 6.03 Å². The van der Waals surface area contributed by atoms with Crippen molar-refractivity contribution in [1.29, 1.82) is 0 Å². The molecule has 0 aliphatic rings. The molecule has 0 saturated carbocycles. The Bertz CT molecular complexity index is 614. The normalized spacial score (nSPS) is 11.7. The lowest BCUT2D eigenvalue weighted by Gasteiger charge is -2.17. The molecule has 1 atom stereocenters. The van der Waals surface area contributed by atoms with E-state index in [0.29, 0.717) is 6.54 Å². The number of nitrogens with one attached hydrogen (secondary N) is 3. The minimum Gasteiger partial charge on any atom is -0.333 e. The standard InChI is InChI=1S/C17H21N3O2S/c1-2-20(12-14-7-4-3-5-8-14)13-16(21)19-17(22)18-11-15-9-6-10-23-15/h3-10H,2,11-13H2,1H3,(H2,18,19,21,22)/p+1. The first-order valence-electron chi connectivity index (χ1n) is 7.65. The van der Waals surface area contributed by atoms with E-state index in [0.717, 1.165) is 22.9 Å². The van der Waals surface area contributed by atoms with Gasteiger partial charge in [-0.05, 0) is 18.4 Å². The Morgan fingerprint density at radius 3 is 2.57 bits per heavy atom. The van der Waals surface area contributed by atoms with E-state index in [4.69, 9.17) is 0 Å². The van der Waals surface area contributed by atoms with Gasteiger partial charge in [0.25, 0.3) is 5.91 Å². The molecule has 23 heavy (non-hydrogen) atoms. The molecule has 1 aromatic heterocycles. The molecule has 1 aromatic carbocycles. The fourth-order valence-electron chi connectivity index (χ4n) is 2.22. The largest absolute Gasteiger partial charge is 0.333 e. The van der Waals surface area contributed by atoms with E-state index >= 15 is 0 Å². The van der Waals surface area contributed by atoms with Gasteiger partial charge in [-0.1, -0.05) is 36.4 Å². The second kappa shape index (κ2) is 9.07. The number of hydrogen-bond donors (Lipinski definition) is 3. The smallest absolute Gasteiger partial charge is 0.321 e. The molecule has 2 aromatic rings. The number of quaternary nitrogens is 1. The predicted octanol–water partition coefficient (Wildman–Crippen LogP) is 1.18. The van der Waals surface area contributed by atoms with Crippen molar-refractivity contribution in [2.24, 2.45) is 0 Å². The van der Waals surface area contributed by atoms with E-state index in [2.05, 4.69) is 10.6 Å². The summed E-state index contributed by atoms with van der Waals surface area (Å²) in [6.07, 6.45) is 0. The van der Waals surface area contributed by atoms with Gasteiger partial charge in [0.1, 0.15) is 6.54 Å². The predicted molar refractivity (Wildman–Crippen MR) is 91.2 cm³/mol. The Hall–Kier alpha value is -2.18. The third kappa shape index (κ3) is 6.22. The van der Waals surface area contributed by atoms with E-state index in [-0.39, 0.29) is 12.5 Å². The van der Waals surface area contributed by atoms with Crippen LogP contribution in [0.2, 0.25) is 0 Å². The van der Waals surface area contributed by atoms with Crippen LogP contribution in [-0.4, -0.2) is 25.0 Å². The summed E-state index contributed by atoms with van der Waals surface area (Å²) in [4.78, 5) is 25.9. The number of carbonyl (C=O) groups is 2. The highest BCUT2D eigenvalue weighted by Crippen LogP contribution is 2.06. The summed E-state index contributed by atoms with van der Waals surface area (Å²) in [5.41, 5.74) is 1.18. The molecule has 0 saturated heterocycles. The van der Waals surface area contributed by atoms with Crippen LogP contribution in [0.4, 0.5) is 4.79 Å². The zero-order valence-electron chi connectivity index (χ0n) is 13.2. The summed E-state index contributed by atoms with van der Waals surface area (Å²) < 4.78 is 0. The molecule has 0 fully saturated rings. The molecule has 6 heteroatoms. The third-order valence-electron chi connectivity index (χ3n) is 3.46. The van der Waals surface area contributed by atoms with Gasteiger partial charge in [0.15, 0.2) is 6.54 Å². The summed E-state index contributed by atoms with van der Waals surface area (Å²) in [5.74, 6) is -0.263. The van der Waals surface area contributed by atoms with Gasteiger partial charge in [0.2, 0.25) is 0 Å². The number of carbonyl (C=O) groups excluding carboxylic acids is 2. The summed E-state index contributed by atoms with van der Waals surface area (Å²) in [5, 5.41) is 7.03. The van der Waals surface area contributed by atoms with Gasteiger partial charge in [-0.2, -0.15) is 0 Å². The number of benzene rings is 1. The second-order valence-electron chi connectivity index (χ2n) is 5.25. The zero-order chi connectivity index (χ0) is 16.5. The molecule has 1 heterocycles. The van der Waals surface area contributed by atoms with Gasteiger partial charge < -0.3 is 10.2 Å². The van der Waals surface area contributed by atoms with Crippen molar-refractivity contribution in [3.63, 3.8) is 0 Å². The Morgan fingerprint density at radius 1 is 1.13 bits per heavy atom. The van der Waals surface area contributed by atoms with Gasteiger partial charge in [0, 0.05) is 10.4 Å². The maximum Gasteiger partial charge on any atom is 0.321 e. The monoisotopic (exact) mass is 332 g/mol. The van der Waals surface area contributed by atoms with E-state index in [1.807, 2.05) is 54.8 Å².